The number of rotatable bonds is 22. The lowest BCUT2D eigenvalue weighted by Gasteiger charge is -2.49. The van der Waals surface area contributed by atoms with Crippen LogP contribution in [0.1, 0.15) is 33.4 Å². The first-order chi connectivity index (χ1) is 32.1. The van der Waals surface area contributed by atoms with Crippen LogP contribution in [-0.2, 0) is 82.3 Å². The molecular formula is C54H58O11. The summed E-state index contributed by atoms with van der Waals surface area (Å²) in [7, 11) is 0. The van der Waals surface area contributed by atoms with Crippen molar-refractivity contribution in [2.75, 3.05) is 13.2 Å². The first-order valence-corrected chi connectivity index (χ1v) is 22.3. The molecule has 2 fully saturated rings. The number of hydrogen-bond donors (Lipinski definition) is 2. The summed E-state index contributed by atoms with van der Waals surface area (Å²) in [5, 5.41) is 23.4. The molecule has 2 aliphatic rings. The van der Waals surface area contributed by atoms with Crippen LogP contribution in [0.15, 0.2) is 182 Å². The highest BCUT2D eigenvalue weighted by atomic mass is 16.8. The Morgan fingerprint density at radius 2 is 0.677 bits per heavy atom. The average Bonchev–Trinajstić information content (AvgIpc) is 3.36. The standard InChI is InChI=1S/C54H58O11/c55-31-45-48(58-33-40-21-9-2-10-22-40)51(61-36-43-27-15-5-16-28-43)52(62-37-44-29-17-6-18-30-44)54(63-45)65-53-47(56)50(60-35-42-25-13-4-14-26-42)49(59-34-41-23-11-3-12-24-41)46(64-53)38-57-32-39-19-7-1-8-20-39/h1-30,45-56H,31-38H2/t45-,46-,47-,48-,49-,50-,51+,52-,53-,54-/m1/s1. The van der Waals surface area contributed by atoms with E-state index in [0.29, 0.717) is 6.61 Å². The van der Waals surface area contributed by atoms with Gasteiger partial charge in [-0.15, -0.1) is 0 Å². The molecule has 11 nitrogen and oxygen atoms in total. The number of aliphatic hydroxyl groups is 2. The maximum atomic E-state index is 12.4. The maximum Gasteiger partial charge on any atom is 0.190 e. The Kier molecular flexibility index (Phi) is 17.4. The van der Waals surface area contributed by atoms with Crippen LogP contribution in [0.5, 0.6) is 0 Å². The van der Waals surface area contributed by atoms with Crippen LogP contribution in [0.4, 0.5) is 0 Å². The predicted octanol–water partition coefficient (Wildman–Crippen LogP) is 7.95. The minimum absolute atomic E-state index is 0.0864. The van der Waals surface area contributed by atoms with Gasteiger partial charge in [0, 0.05) is 0 Å². The van der Waals surface area contributed by atoms with Gasteiger partial charge in [0.05, 0.1) is 52.9 Å². The Balaban J connectivity index is 1.11. The fourth-order valence-corrected chi connectivity index (χ4v) is 8.07. The molecule has 65 heavy (non-hydrogen) atoms. The van der Waals surface area contributed by atoms with Crippen LogP contribution in [0.3, 0.4) is 0 Å². The van der Waals surface area contributed by atoms with E-state index in [-0.39, 0.29) is 39.6 Å². The van der Waals surface area contributed by atoms with Crippen molar-refractivity contribution in [3.63, 3.8) is 0 Å². The van der Waals surface area contributed by atoms with Gasteiger partial charge >= 0.3 is 0 Å². The predicted molar refractivity (Wildman–Crippen MR) is 243 cm³/mol. The molecule has 0 unspecified atom stereocenters. The van der Waals surface area contributed by atoms with Gasteiger partial charge < -0.3 is 52.8 Å². The fourth-order valence-electron chi connectivity index (χ4n) is 8.07. The second kappa shape index (κ2) is 24.4. The van der Waals surface area contributed by atoms with Crippen LogP contribution < -0.4 is 0 Å². The van der Waals surface area contributed by atoms with Crippen LogP contribution >= 0.6 is 0 Å². The molecule has 2 aliphatic heterocycles. The zero-order valence-electron chi connectivity index (χ0n) is 36.3. The Bertz CT molecular complexity index is 2210. The van der Waals surface area contributed by atoms with Gasteiger partial charge in [0.1, 0.15) is 48.8 Å². The minimum atomic E-state index is -1.38. The van der Waals surface area contributed by atoms with Crippen LogP contribution in [0, 0.1) is 0 Å². The summed E-state index contributed by atoms with van der Waals surface area (Å²) in [5.74, 6) is 0. The van der Waals surface area contributed by atoms with Gasteiger partial charge in [0.15, 0.2) is 12.6 Å². The van der Waals surface area contributed by atoms with Crippen LogP contribution in [0.2, 0.25) is 0 Å². The van der Waals surface area contributed by atoms with E-state index in [4.69, 9.17) is 42.6 Å². The Hall–Kier alpha value is -5.12. The van der Waals surface area contributed by atoms with Crippen molar-refractivity contribution in [3.05, 3.63) is 215 Å². The minimum Gasteiger partial charge on any atom is -0.394 e. The van der Waals surface area contributed by atoms with Crippen molar-refractivity contribution in [2.45, 2.75) is 101 Å². The Labute approximate surface area is 381 Å². The van der Waals surface area contributed by atoms with E-state index in [9.17, 15) is 10.2 Å². The van der Waals surface area contributed by atoms with E-state index in [1.807, 2.05) is 182 Å². The lowest BCUT2D eigenvalue weighted by Crippen LogP contribution is -2.65. The smallest absolute Gasteiger partial charge is 0.190 e. The zero-order valence-corrected chi connectivity index (χ0v) is 36.3. The molecule has 340 valence electrons. The highest BCUT2D eigenvalue weighted by molar-refractivity contribution is 5.18. The summed E-state index contributed by atoms with van der Waals surface area (Å²) < 4.78 is 59.9. The molecule has 0 bridgehead atoms. The van der Waals surface area contributed by atoms with Crippen LogP contribution in [-0.4, -0.2) is 84.8 Å². The van der Waals surface area contributed by atoms with Crippen molar-refractivity contribution < 1.29 is 52.8 Å². The van der Waals surface area contributed by atoms with Gasteiger partial charge in [-0.1, -0.05) is 182 Å². The monoisotopic (exact) mass is 882 g/mol. The summed E-state index contributed by atoms with van der Waals surface area (Å²) in [6.45, 7) is 1.03. The van der Waals surface area contributed by atoms with E-state index < -0.39 is 68.0 Å². The second-order valence-corrected chi connectivity index (χ2v) is 16.2. The topological polar surface area (TPSA) is 124 Å². The van der Waals surface area contributed by atoms with Gasteiger partial charge in [0.25, 0.3) is 0 Å². The van der Waals surface area contributed by atoms with E-state index >= 15 is 0 Å². The molecule has 11 heteroatoms. The molecular weight excluding hydrogens is 825 g/mol. The van der Waals surface area contributed by atoms with Crippen molar-refractivity contribution in [3.8, 4) is 0 Å². The molecule has 2 saturated heterocycles. The summed E-state index contributed by atoms with van der Waals surface area (Å²) >= 11 is 0. The van der Waals surface area contributed by atoms with Gasteiger partial charge in [-0.25, -0.2) is 0 Å². The van der Waals surface area contributed by atoms with Crippen molar-refractivity contribution >= 4 is 0 Å². The van der Waals surface area contributed by atoms with E-state index in [1.54, 1.807) is 0 Å². The van der Waals surface area contributed by atoms with Gasteiger partial charge in [-0.05, 0) is 33.4 Å². The molecule has 0 radical (unpaired) electrons. The Morgan fingerprint density at radius 1 is 0.354 bits per heavy atom. The summed E-state index contributed by atoms with van der Waals surface area (Å²) in [5.41, 5.74) is 5.64. The molecule has 0 spiro atoms. The van der Waals surface area contributed by atoms with Crippen LogP contribution in [0.25, 0.3) is 0 Å². The highest BCUT2D eigenvalue weighted by Gasteiger charge is 2.53. The molecule has 8 rings (SSSR count). The largest absolute Gasteiger partial charge is 0.394 e. The number of hydrogen-bond acceptors (Lipinski definition) is 11. The van der Waals surface area contributed by atoms with Gasteiger partial charge in [0.2, 0.25) is 0 Å². The third-order valence-electron chi connectivity index (χ3n) is 11.5. The lowest BCUT2D eigenvalue weighted by atomic mass is 9.96. The summed E-state index contributed by atoms with van der Waals surface area (Å²) in [6.07, 6.45) is -9.93. The SMILES string of the molecule is OC[C@H]1O[C@H](O[C@H]2O[C@H](COCc3ccccc3)[C@@H](OCc3ccccc3)[C@H](OCc3ccccc3)[C@H]2O)[C@H](OCc2ccccc2)[C@@H](OCc2ccccc2)[C@@H]1OCc1ccccc1. The van der Waals surface area contributed by atoms with E-state index in [0.717, 1.165) is 33.4 Å². The zero-order chi connectivity index (χ0) is 44.5. The molecule has 6 aromatic rings. The second-order valence-electron chi connectivity index (χ2n) is 16.2. The number of benzene rings is 6. The summed E-state index contributed by atoms with van der Waals surface area (Å²) in [4.78, 5) is 0. The first kappa shape index (κ1) is 46.4. The normalized spacial score (nSPS) is 25.6. The third kappa shape index (κ3) is 13.3. The quantitative estimate of drug-likeness (QED) is 0.0691. The molecule has 0 amide bonds. The average molecular weight is 883 g/mol. The number of aliphatic hydroxyl groups excluding tert-OH is 2. The molecule has 6 aromatic carbocycles. The lowest BCUT2D eigenvalue weighted by molar-refractivity contribution is -0.390. The highest BCUT2D eigenvalue weighted by Crippen LogP contribution is 2.35. The van der Waals surface area contributed by atoms with Crippen molar-refractivity contribution in [2.24, 2.45) is 0 Å². The molecule has 0 aromatic heterocycles. The number of ether oxygens (including phenoxy) is 9. The van der Waals surface area contributed by atoms with Crippen molar-refractivity contribution in [1.29, 1.82) is 0 Å². The molecule has 0 aliphatic carbocycles. The molecule has 2 heterocycles. The molecule has 0 saturated carbocycles. The Morgan fingerprint density at radius 3 is 1.08 bits per heavy atom. The van der Waals surface area contributed by atoms with Gasteiger partial charge in [-0.3, -0.25) is 0 Å². The first-order valence-electron chi connectivity index (χ1n) is 22.3. The maximum absolute atomic E-state index is 12.4. The summed E-state index contributed by atoms with van der Waals surface area (Å²) in [6, 6.07) is 58.8. The van der Waals surface area contributed by atoms with Crippen molar-refractivity contribution in [1.82, 2.24) is 0 Å². The van der Waals surface area contributed by atoms with Gasteiger partial charge in [-0.2, -0.15) is 0 Å². The fraction of sp³-hybridized carbons (Fsp3) is 0.333. The molecule has 2 N–H and O–H groups in total. The molecule has 10 atom stereocenters. The van der Waals surface area contributed by atoms with E-state index in [2.05, 4.69) is 0 Å². The third-order valence-corrected chi connectivity index (χ3v) is 11.5. The van der Waals surface area contributed by atoms with E-state index in [1.165, 1.54) is 0 Å².